The van der Waals surface area contributed by atoms with Gasteiger partial charge in [0.1, 0.15) is 6.20 Å². The van der Waals surface area contributed by atoms with E-state index in [9.17, 15) is 14.9 Å². The number of aromatic nitrogens is 2. The van der Waals surface area contributed by atoms with Crippen molar-refractivity contribution in [2.45, 2.75) is 13.5 Å². The van der Waals surface area contributed by atoms with Crippen LogP contribution in [-0.2, 0) is 6.54 Å². The second-order valence-electron chi connectivity index (χ2n) is 2.14. The standard InChI is InChI=1S/C6H7N3O3/c1-2-8-4-5(9(11)12)3-7-6(8)10/h3-4H,2H2,1H3. The van der Waals surface area contributed by atoms with Crippen LogP contribution < -0.4 is 5.69 Å². The van der Waals surface area contributed by atoms with E-state index in [0.29, 0.717) is 6.54 Å². The van der Waals surface area contributed by atoms with Crippen LogP contribution in [0.1, 0.15) is 6.92 Å². The lowest BCUT2D eigenvalue weighted by Crippen LogP contribution is -2.21. The average molecular weight is 169 g/mol. The van der Waals surface area contributed by atoms with Gasteiger partial charge >= 0.3 is 11.4 Å². The third-order valence-electron chi connectivity index (χ3n) is 1.39. The molecule has 6 nitrogen and oxygen atoms in total. The molecule has 0 saturated heterocycles. The Hall–Kier alpha value is -1.72. The number of aryl methyl sites for hydroxylation is 1. The van der Waals surface area contributed by atoms with Crippen LogP contribution in [0.2, 0.25) is 0 Å². The summed E-state index contributed by atoms with van der Waals surface area (Å²) in [7, 11) is 0. The van der Waals surface area contributed by atoms with E-state index in [1.54, 1.807) is 6.92 Å². The highest BCUT2D eigenvalue weighted by molar-refractivity contribution is 5.20. The minimum atomic E-state index is -0.585. The first-order valence-electron chi connectivity index (χ1n) is 3.36. The molecule has 64 valence electrons. The van der Waals surface area contributed by atoms with Crippen molar-refractivity contribution < 1.29 is 4.92 Å². The fraction of sp³-hybridized carbons (Fsp3) is 0.333. The van der Waals surface area contributed by atoms with Gasteiger partial charge in [-0.05, 0) is 6.92 Å². The molecule has 0 amide bonds. The van der Waals surface area contributed by atoms with Gasteiger partial charge in [0.25, 0.3) is 0 Å². The average Bonchev–Trinajstić information content (AvgIpc) is 2.05. The van der Waals surface area contributed by atoms with Crippen LogP contribution >= 0.6 is 0 Å². The van der Waals surface area contributed by atoms with Crippen molar-refractivity contribution in [2.24, 2.45) is 0 Å². The summed E-state index contributed by atoms with van der Waals surface area (Å²) in [5.74, 6) is 0. The van der Waals surface area contributed by atoms with Crippen molar-refractivity contribution >= 4 is 5.69 Å². The summed E-state index contributed by atoms with van der Waals surface area (Å²) in [5, 5.41) is 10.2. The van der Waals surface area contributed by atoms with Crippen LogP contribution in [0.4, 0.5) is 5.69 Å². The van der Waals surface area contributed by atoms with E-state index in [-0.39, 0.29) is 5.69 Å². The van der Waals surface area contributed by atoms with E-state index in [2.05, 4.69) is 4.98 Å². The quantitative estimate of drug-likeness (QED) is 0.467. The van der Waals surface area contributed by atoms with E-state index in [0.717, 1.165) is 6.20 Å². The van der Waals surface area contributed by atoms with Gasteiger partial charge in [-0.2, -0.15) is 4.98 Å². The lowest BCUT2D eigenvalue weighted by molar-refractivity contribution is -0.385. The largest absolute Gasteiger partial charge is 0.347 e. The molecule has 0 spiro atoms. The summed E-state index contributed by atoms with van der Waals surface area (Å²) < 4.78 is 1.18. The van der Waals surface area contributed by atoms with Crippen molar-refractivity contribution in [3.63, 3.8) is 0 Å². The lowest BCUT2D eigenvalue weighted by atomic mass is 10.5. The molecule has 0 bridgehead atoms. The number of hydrogen-bond donors (Lipinski definition) is 0. The highest BCUT2D eigenvalue weighted by Gasteiger charge is 2.06. The molecule has 1 heterocycles. The molecule has 1 aromatic rings. The van der Waals surface area contributed by atoms with Crippen LogP contribution in [0.15, 0.2) is 17.2 Å². The first-order chi connectivity index (χ1) is 5.65. The molecule has 0 radical (unpaired) electrons. The maximum absolute atomic E-state index is 10.9. The molecule has 0 unspecified atom stereocenters. The van der Waals surface area contributed by atoms with Gasteiger partial charge in [0, 0.05) is 6.54 Å². The summed E-state index contributed by atoms with van der Waals surface area (Å²) in [5.41, 5.74) is -0.639. The normalized spacial score (nSPS) is 9.75. The molecule has 12 heavy (non-hydrogen) atoms. The van der Waals surface area contributed by atoms with Gasteiger partial charge < -0.3 is 0 Å². The molecule has 0 aliphatic carbocycles. The third kappa shape index (κ3) is 1.47. The maximum Gasteiger partial charge on any atom is 0.347 e. The minimum Gasteiger partial charge on any atom is -0.293 e. The summed E-state index contributed by atoms with van der Waals surface area (Å²) >= 11 is 0. The SMILES string of the molecule is CCn1cc([N+](=O)[O-])cnc1=O. The maximum atomic E-state index is 10.9. The molecule has 0 aliphatic rings. The zero-order valence-electron chi connectivity index (χ0n) is 6.43. The first kappa shape index (κ1) is 8.38. The molecule has 1 aromatic heterocycles. The van der Waals surface area contributed by atoms with Crippen LogP contribution in [0, 0.1) is 10.1 Å². The van der Waals surface area contributed by atoms with Gasteiger partial charge in [0.15, 0.2) is 0 Å². The monoisotopic (exact) mass is 169 g/mol. The van der Waals surface area contributed by atoms with Crippen molar-refractivity contribution in [1.82, 2.24) is 9.55 Å². The first-order valence-corrected chi connectivity index (χ1v) is 3.36. The second-order valence-corrected chi connectivity index (χ2v) is 2.14. The fourth-order valence-corrected chi connectivity index (χ4v) is 0.765. The van der Waals surface area contributed by atoms with Gasteiger partial charge in [0.2, 0.25) is 0 Å². The molecule has 0 fully saturated rings. The van der Waals surface area contributed by atoms with E-state index in [1.807, 2.05) is 0 Å². The van der Waals surface area contributed by atoms with Crippen LogP contribution in [0.5, 0.6) is 0 Å². The van der Waals surface area contributed by atoms with Crippen LogP contribution in [-0.4, -0.2) is 14.5 Å². The second kappa shape index (κ2) is 3.12. The predicted octanol–water partition coefficient (Wildman–Crippen LogP) is 0.171. The summed E-state index contributed by atoms with van der Waals surface area (Å²) in [4.78, 5) is 23.8. The van der Waals surface area contributed by atoms with Gasteiger partial charge in [-0.25, -0.2) is 4.79 Å². The molecule has 0 saturated carbocycles. The molecular formula is C6H7N3O3. The van der Waals surface area contributed by atoms with Crippen molar-refractivity contribution in [2.75, 3.05) is 0 Å². The molecule has 0 atom stereocenters. The van der Waals surface area contributed by atoms with Crippen molar-refractivity contribution in [3.8, 4) is 0 Å². The number of hydrogen-bond acceptors (Lipinski definition) is 4. The summed E-state index contributed by atoms with van der Waals surface area (Å²) in [6.45, 7) is 2.10. The Bertz CT molecular complexity index is 357. The van der Waals surface area contributed by atoms with Crippen LogP contribution in [0.25, 0.3) is 0 Å². The van der Waals surface area contributed by atoms with E-state index in [1.165, 1.54) is 10.8 Å². The lowest BCUT2D eigenvalue weighted by Gasteiger charge is -1.97. The molecule has 0 aliphatic heterocycles. The molecule has 1 rings (SSSR count). The van der Waals surface area contributed by atoms with Gasteiger partial charge in [-0.15, -0.1) is 0 Å². The minimum absolute atomic E-state index is 0.170. The number of nitro groups is 1. The number of rotatable bonds is 2. The Morgan fingerprint density at radius 3 is 2.92 bits per heavy atom. The Kier molecular flexibility index (Phi) is 2.18. The number of nitrogens with zero attached hydrogens (tertiary/aromatic N) is 3. The fourth-order valence-electron chi connectivity index (χ4n) is 0.765. The van der Waals surface area contributed by atoms with Crippen molar-refractivity contribution in [3.05, 3.63) is 33.0 Å². The van der Waals surface area contributed by atoms with E-state index in [4.69, 9.17) is 0 Å². The van der Waals surface area contributed by atoms with Gasteiger partial charge in [-0.1, -0.05) is 0 Å². The Labute approximate surface area is 67.6 Å². The van der Waals surface area contributed by atoms with E-state index < -0.39 is 10.6 Å². The zero-order valence-corrected chi connectivity index (χ0v) is 6.43. The third-order valence-corrected chi connectivity index (χ3v) is 1.39. The molecule has 0 N–H and O–H groups in total. The molecular weight excluding hydrogens is 162 g/mol. The Morgan fingerprint density at radius 2 is 2.42 bits per heavy atom. The zero-order chi connectivity index (χ0) is 9.14. The topological polar surface area (TPSA) is 78.0 Å². The molecule has 6 heteroatoms. The van der Waals surface area contributed by atoms with E-state index >= 15 is 0 Å². The Balaban J connectivity index is 3.23. The summed E-state index contributed by atoms with van der Waals surface area (Å²) in [6.07, 6.45) is 2.13. The van der Waals surface area contributed by atoms with Crippen molar-refractivity contribution in [1.29, 1.82) is 0 Å². The highest BCUT2D eigenvalue weighted by atomic mass is 16.6. The smallest absolute Gasteiger partial charge is 0.293 e. The van der Waals surface area contributed by atoms with Crippen LogP contribution in [0.3, 0.4) is 0 Å². The Morgan fingerprint density at radius 1 is 1.75 bits per heavy atom. The summed E-state index contributed by atoms with van der Waals surface area (Å²) in [6, 6.07) is 0. The van der Waals surface area contributed by atoms with Gasteiger partial charge in [-0.3, -0.25) is 14.7 Å². The predicted molar refractivity (Wildman–Crippen MR) is 40.8 cm³/mol. The highest BCUT2D eigenvalue weighted by Crippen LogP contribution is 2.03. The van der Waals surface area contributed by atoms with Gasteiger partial charge in [0.05, 0.1) is 11.1 Å². The molecule has 0 aromatic carbocycles.